The molecule has 6 rings (SSSR count). The topological polar surface area (TPSA) is 122 Å². The minimum atomic E-state index is -0.417. The van der Waals surface area contributed by atoms with Crippen molar-refractivity contribution < 1.29 is 23.1 Å². The number of carbonyl (C=O) groups excluding carboxylic acids is 2. The number of urea groups is 1. The number of anilines is 4. The number of nitrogens with zero attached hydrogens (tertiary/aromatic N) is 3. The first kappa shape index (κ1) is 27.9. The van der Waals surface area contributed by atoms with Gasteiger partial charge in [0.05, 0.1) is 24.3 Å². The fourth-order valence-corrected chi connectivity index (χ4v) is 4.88. The van der Waals surface area contributed by atoms with Gasteiger partial charge < -0.3 is 30.0 Å². The van der Waals surface area contributed by atoms with E-state index in [0.29, 0.717) is 83.0 Å². The van der Waals surface area contributed by atoms with Crippen molar-refractivity contribution in [2.75, 3.05) is 47.2 Å². The van der Waals surface area contributed by atoms with Crippen molar-refractivity contribution in [3.8, 4) is 22.7 Å². The molecule has 1 aliphatic heterocycles. The van der Waals surface area contributed by atoms with Crippen molar-refractivity contribution >= 4 is 45.7 Å². The number of aryl methyl sites for hydroxylation is 1. The van der Waals surface area contributed by atoms with Gasteiger partial charge in [0.1, 0.15) is 23.2 Å². The van der Waals surface area contributed by atoms with E-state index < -0.39 is 11.8 Å². The highest BCUT2D eigenvalue weighted by Crippen LogP contribution is 2.34. The largest absolute Gasteiger partial charge is 0.461 e. The van der Waals surface area contributed by atoms with Crippen molar-refractivity contribution in [3.05, 3.63) is 84.4 Å². The molecule has 0 saturated carbocycles. The summed E-state index contributed by atoms with van der Waals surface area (Å²) in [5.74, 6) is 1.64. The maximum absolute atomic E-state index is 15.3. The van der Waals surface area contributed by atoms with Gasteiger partial charge in [0.2, 0.25) is 5.91 Å². The van der Waals surface area contributed by atoms with E-state index in [-0.39, 0.29) is 5.91 Å². The quantitative estimate of drug-likeness (QED) is 0.211. The summed E-state index contributed by atoms with van der Waals surface area (Å²) in [5.41, 5.74) is 3.43. The Hall–Kier alpha value is -5.29. The van der Waals surface area contributed by atoms with Gasteiger partial charge in [-0.05, 0) is 79.7 Å². The van der Waals surface area contributed by atoms with Crippen LogP contribution in [0, 0.1) is 12.7 Å². The van der Waals surface area contributed by atoms with E-state index in [9.17, 15) is 9.59 Å². The molecular formula is C32H29FN6O4. The minimum Gasteiger partial charge on any atom is -0.461 e. The highest BCUT2D eigenvalue weighted by atomic mass is 19.1. The Morgan fingerprint density at radius 2 is 1.47 bits per heavy atom. The van der Waals surface area contributed by atoms with Crippen molar-refractivity contribution in [3.63, 3.8) is 0 Å². The molecule has 43 heavy (non-hydrogen) atoms. The van der Waals surface area contributed by atoms with Crippen LogP contribution in [0.15, 0.2) is 77.2 Å². The summed E-state index contributed by atoms with van der Waals surface area (Å²) in [6.45, 7) is 5.60. The number of amides is 3. The standard InChI is InChI=1S/C32H29FN6O4/c1-19-3-12-29(43-19)25-18-28-26(17-27(25)33)31(39-13-15-42-16-14-39)38-30(37-28)21-4-6-23(7-5-21)35-32(41)36-24-10-8-22(9-11-24)34-20(2)40/h3-12,17-18H,13-16H2,1-2H3,(H,34,40)(H2,35,36,41). The molecule has 0 aliphatic carbocycles. The zero-order chi connectivity index (χ0) is 29.9. The first-order valence-electron chi connectivity index (χ1n) is 13.8. The molecule has 2 aromatic heterocycles. The van der Waals surface area contributed by atoms with Crippen molar-refractivity contribution in [2.45, 2.75) is 13.8 Å². The lowest BCUT2D eigenvalue weighted by Crippen LogP contribution is -2.37. The Kier molecular flexibility index (Phi) is 7.71. The Morgan fingerprint density at radius 3 is 2.07 bits per heavy atom. The second kappa shape index (κ2) is 11.9. The molecule has 0 spiro atoms. The number of carbonyl (C=O) groups is 2. The third-order valence-electron chi connectivity index (χ3n) is 6.94. The molecule has 1 aliphatic rings. The summed E-state index contributed by atoms with van der Waals surface area (Å²) >= 11 is 0. The smallest absolute Gasteiger partial charge is 0.323 e. The number of ether oxygens (including phenoxy) is 1. The molecule has 218 valence electrons. The molecule has 0 unspecified atom stereocenters. The normalized spacial score (nSPS) is 13.1. The van der Waals surface area contributed by atoms with E-state index in [4.69, 9.17) is 19.1 Å². The summed E-state index contributed by atoms with van der Waals surface area (Å²) in [4.78, 5) is 35.5. The lowest BCUT2D eigenvalue weighted by Gasteiger charge is -2.29. The van der Waals surface area contributed by atoms with Crippen molar-refractivity contribution in [1.82, 2.24) is 9.97 Å². The maximum Gasteiger partial charge on any atom is 0.323 e. The molecule has 0 bridgehead atoms. The van der Waals surface area contributed by atoms with Crippen LogP contribution in [-0.4, -0.2) is 48.2 Å². The molecule has 3 N–H and O–H groups in total. The molecule has 1 saturated heterocycles. The van der Waals surface area contributed by atoms with E-state index in [1.165, 1.54) is 13.0 Å². The molecule has 3 amide bonds. The van der Waals surface area contributed by atoms with Gasteiger partial charge in [0.25, 0.3) is 0 Å². The van der Waals surface area contributed by atoms with Gasteiger partial charge in [0.15, 0.2) is 5.82 Å². The SMILES string of the molecule is CC(=O)Nc1ccc(NC(=O)Nc2ccc(-c3nc(N4CCOCC4)c4cc(F)c(-c5ccc(C)o5)cc4n3)cc2)cc1. The Labute approximate surface area is 246 Å². The zero-order valence-electron chi connectivity index (χ0n) is 23.6. The van der Waals surface area contributed by atoms with Gasteiger partial charge in [-0.15, -0.1) is 0 Å². The molecular weight excluding hydrogens is 551 g/mol. The average molecular weight is 581 g/mol. The van der Waals surface area contributed by atoms with E-state index in [1.54, 1.807) is 54.6 Å². The third-order valence-corrected chi connectivity index (χ3v) is 6.94. The van der Waals surface area contributed by atoms with Crippen LogP contribution in [0.1, 0.15) is 12.7 Å². The summed E-state index contributed by atoms with van der Waals surface area (Å²) in [5, 5.41) is 8.86. The number of benzene rings is 3. The number of fused-ring (bicyclic) bond motifs is 1. The lowest BCUT2D eigenvalue weighted by molar-refractivity contribution is -0.114. The highest BCUT2D eigenvalue weighted by Gasteiger charge is 2.21. The first-order chi connectivity index (χ1) is 20.8. The molecule has 1 fully saturated rings. The van der Waals surface area contributed by atoms with Crippen LogP contribution < -0.4 is 20.9 Å². The van der Waals surface area contributed by atoms with Crippen LogP contribution >= 0.6 is 0 Å². The summed E-state index contributed by atoms with van der Waals surface area (Å²) in [7, 11) is 0. The second-order valence-corrected chi connectivity index (χ2v) is 10.1. The molecule has 5 aromatic rings. The average Bonchev–Trinajstić information content (AvgIpc) is 3.44. The molecule has 0 radical (unpaired) electrons. The van der Waals surface area contributed by atoms with Gasteiger partial charge in [-0.3, -0.25) is 4.79 Å². The van der Waals surface area contributed by atoms with Gasteiger partial charge in [0, 0.05) is 48.0 Å². The van der Waals surface area contributed by atoms with Crippen LogP contribution in [0.3, 0.4) is 0 Å². The van der Waals surface area contributed by atoms with Crippen LogP contribution in [0.5, 0.6) is 0 Å². The maximum atomic E-state index is 15.3. The van der Waals surface area contributed by atoms with Gasteiger partial charge >= 0.3 is 6.03 Å². The van der Waals surface area contributed by atoms with Gasteiger partial charge in [-0.2, -0.15) is 0 Å². The Bertz CT molecular complexity index is 1800. The molecule has 0 atom stereocenters. The van der Waals surface area contributed by atoms with E-state index in [1.807, 2.05) is 19.1 Å². The number of hydrogen-bond acceptors (Lipinski definition) is 7. The second-order valence-electron chi connectivity index (χ2n) is 10.1. The number of nitrogens with one attached hydrogen (secondary N) is 3. The lowest BCUT2D eigenvalue weighted by atomic mass is 10.1. The fourth-order valence-electron chi connectivity index (χ4n) is 4.88. The number of hydrogen-bond donors (Lipinski definition) is 3. The van der Waals surface area contributed by atoms with Crippen LogP contribution in [0.25, 0.3) is 33.6 Å². The monoisotopic (exact) mass is 580 g/mol. The number of morpholine rings is 1. The molecule has 10 nitrogen and oxygen atoms in total. The third kappa shape index (κ3) is 6.31. The van der Waals surface area contributed by atoms with Crippen LogP contribution in [-0.2, 0) is 9.53 Å². The van der Waals surface area contributed by atoms with Crippen LogP contribution in [0.2, 0.25) is 0 Å². The van der Waals surface area contributed by atoms with Crippen molar-refractivity contribution in [2.24, 2.45) is 0 Å². The Balaban J connectivity index is 1.26. The highest BCUT2D eigenvalue weighted by molar-refractivity contribution is 6.00. The summed E-state index contributed by atoms with van der Waals surface area (Å²) in [6.07, 6.45) is 0. The first-order valence-corrected chi connectivity index (χ1v) is 13.8. The van der Waals surface area contributed by atoms with Crippen LogP contribution in [0.4, 0.5) is 32.1 Å². The van der Waals surface area contributed by atoms with Crippen molar-refractivity contribution in [1.29, 1.82) is 0 Å². The number of halogens is 1. The molecule has 3 heterocycles. The number of furan rings is 1. The van der Waals surface area contributed by atoms with Gasteiger partial charge in [-0.1, -0.05) is 0 Å². The number of rotatable bonds is 6. The molecule has 3 aromatic carbocycles. The predicted molar refractivity (Wildman–Crippen MR) is 164 cm³/mol. The van der Waals surface area contributed by atoms with E-state index in [0.717, 1.165) is 5.56 Å². The zero-order valence-corrected chi connectivity index (χ0v) is 23.6. The number of aromatic nitrogens is 2. The summed E-state index contributed by atoms with van der Waals surface area (Å²) in [6, 6.07) is 20.2. The van der Waals surface area contributed by atoms with Gasteiger partial charge in [-0.25, -0.2) is 19.2 Å². The Morgan fingerprint density at radius 1 is 0.837 bits per heavy atom. The summed E-state index contributed by atoms with van der Waals surface area (Å²) < 4.78 is 26.5. The van der Waals surface area contributed by atoms with E-state index >= 15 is 4.39 Å². The van der Waals surface area contributed by atoms with E-state index in [2.05, 4.69) is 20.9 Å². The predicted octanol–water partition coefficient (Wildman–Crippen LogP) is 6.44. The minimum absolute atomic E-state index is 0.170. The molecule has 11 heteroatoms. The fraction of sp³-hybridized carbons (Fsp3) is 0.188.